The highest BCUT2D eigenvalue weighted by atomic mass is 32.1. The fraction of sp³-hybridized carbons (Fsp3) is 0.320. The lowest BCUT2D eigenvalue weighted by Gasteiger charge is -2.18. The van der Waals surface area contributed by atoms with Gasteiger partial charge in [0.2, 0.25) is 0 Å². The van der Waals surface area contributed by atoms with Crippen LogP contribution in [0.5, 0.6) is 0 Å². The van der Waals surface area contributed by atoms with Gasteiger partial charge in [0.15, 0.2) is 0 Å². The van der Waals surface area contributed by atoms with Crippen molar-refractivity contribution in [3.05, 3.63) is 108 Å². The van der Waals surface area contributed by atoms with E-state index in [1.54, 1.807) is 0 Å². The van der Waals surface area contributed by atoms with Crippen LogP contribution < -0.4 is 0 Å². The highest BCUT2D eigenvalue weighted by Gasteiger charge is 2.23. The first kappa shape index (κ1) is 35.3. The van der Waals surface area contributed by atoms with Crippen molar-refractivity contribution in [2.45, 2.75) is 104 Å². The monoisotopic (exact) mass is 744 g/mol. The average Bonchev–Trinajstić information content (AvgIpc) is 4.03. The Bertz CT molecular complexity index is 2500. The van der Waals surface area contributed by atoms with Crippen LogP contribution in [0.1, 0.15) is 90.9 Å². The first-order valence-electron chi connectivity index (χ1n) is 20.7. The summed E-state index contributed by atoms with van der Waals surface area (Å²) in [5.41, 5.74) is 8.20. The van der Waals surface area contributed by atoms with Gasteiger partial charge in [-0.3, -0.25) is 0 Å². The van der Waals surface area contributed by atoms with Crippen LogP contribution in [-0.4, -0.2) is 9.13 Å². The van der Waals surface area contributed by atoms with Crippen molar-refractivity contribution in [2.24, 2.45) is 0 Å². The van der Waals surface area contributed by atoms with Crippen LogP contribution in [0.15, 0.2) is 108 Å². The molecule has 0 bridgehead atoms. The van der Waals surface area contributed by atoms with Crippen LogP contribution in [0, 0.1) is 0 Å². The maximum absolute atomic E-state index is 2.64. The highest BCUT2D eigenvalue weighted by Crippen LogP contribution is 2.49. The third-order valence-corrected chi connectivity index (χ3v) is 13.7. The van der Waals surface area contributed by atoms with Gasteiger partial charge in [-0.1, -0.05) is 127 Å². The zero-order valence-corrected chi connectivity index (χ0v) is 33.6. The predicted octanol–water partition coefficient (Wildman–Crippen LogP) is 16.4. The summed E-state index contributed by atoms with van der Waals surface area (Å²) in [5.74, 6) is 0. The molecule has 9 aromatic rings. The molecule has 0 amide bonds. The standard InChI is InChI=1S/C50H52N2S2/c1-3-5-7-9-11-17-27-51-43-23-15-13-21-35(43)37-31-39-41(33-45(37)51)49(47-25-19-29-53-47)40-32-38-36-22-14-16-24-44(36)52(28-18-12-10-8-6-4-2)46(38)34-42(40)50(39)48-26-20-30-54-48/h13-16,19-26,29-34H,3-12,17-18,27-28H2,1-2H3. The van der Waals surface area contributed by atoms with Crippen molar-refractivity contribution >= 4 is 87.8 Å². The quantitative estimate of drug-likeness (QED) is 0.0689. The molecule has 5 aromatic carbocycles. The lowest BCUT2D eigenvalue weighted by atomic mass is 9.88. The third-order valence-electron chi connectivity index (χ3n) is 11.9. The summed E-state index contributed by atoms with van der Waals surface area (Å²) in [5, 5.41) is 15.4. The van der Waals surface area contributed by atoms with E-state index in [0.717, 1.165) is 13.1 Å². The summed E-state index contributed by atoms with van der Waals surface area (Å²) in [6.45, 7) is 6.72. The van der Waals surface area contributed by atoms with Gasteiger partial charge in [-0.15, -0.1) is 22.7 Å². The van der Waals surface area contributed by atoms with Gasteiger partial charge in [0.1, 0.15) is 0 Å². The molecule has 0 saturated heterocycles. The summed E-state index contributed by atoms with van der Waals surface area (Å²) in [6, 6.07) is 37.6. The Morgan fingerprint density at radius 3 is 1.20 bits per heavy atom. The second-order valence-electron chi connectivity index (χ2n) is 15.4. The van der Waals surface area contributed by atoms with Crippen LogP contribution in [0.25, 0.3) is 86.0 Å². The molecule has 9 rings (SSSR count). The second kappa shape index (κ2) is 15.8. The van der Waals surface area contributed by atoms with Crippen LogP contribution in [0.3, 0.4) is 0 Å². The molecule has 4 heterocycles. The number of aromatic nitrogens is 2. The van der Waals surface area contributed by atoms with Crippen LogP contribution in [0.4, 0.5) is 0 Å². The summed E-state index contributed by atoms with van der Waals surface area (Å²) in [6.07, 6.45) is 15.6. The molecule has 54 heavy (non-hydrogen) atoms. The van der Waals surface area contributed by atoms with E-state index < -0.39 is 0 Å². The van der Waals surface area contributed by atoms with E-state index >= 15 is 0 Å². The summed E-state index contributed by atoms with van der Waals surface area (Å²) < 4.78 is 5.27. The normalized spacial score (nSPS) is 12.2. The Labute approximate surface area is 328 Å². The molecule has 4 aromatic heterocycles. The molecule has 0 atom stereocenters. The van der Waals surface area contributed by atoms with Gasteiger partial charge >= 0.3 is 0 Å². The number of rotatable bonds is 16. The molecule has 0 unspecified atom stereocenters. The molecule has 0 radical (unpaired) electrons. The van der Waals surface area contributed by atoms with Crippen molar-refractivity contribution < 1.29 is 0 Å². The Balaban J connectivity index is 1.32. The molecule has 0 aliphatic rings. The summed E-state index contributed by atoms with van der Waals surface area (Å²) in [7, 11) is 0. The largest absolute Gasteiger partial charge is 0.340 e. The Kier molecular flexibility index (Phi) is 10.3. The molecular formula is C50H52N2S2. The van der Waals surface area contributed by atoms with E-state index in [1.165, 1.54) is 163 Å². The lowest BCUT2D eigenvalue weighted by Crippen LogP contribution is -1.99. The van der Waals surface area contributed by atoms with Gasteiger partial charge in [0.25, 0.3) is 0 Å². The maximum atomic E-state index is 2.64. The minimum absolute atomic E-state index is 1.06. The minimum atomic E-state index is 1.06. The van der Waals surface area contributed by atoms with Gasteiger partial charge < -0.3 is 9.13 Å². The number of unbranched alkanes of at least 4 members (excludes halogenated alkanes) is 10. The zero-order valence-electron chi connectivity index (χ0n) is 32.0. The number of fused-ring (bicyclic) bond motifs is 8. The SMILES string of the molecule is CCCCCCCCn1c2ccccc2c2cc3c(-c4cccs4)c4cc5c(cc4c(-c4cccs4)c3cc21)c1ccccc1n5CCCCCCCC. The van der Waals surface area contributed by atoms with E-state index in [0.29, 0.717) is 0 Å². The number of hydrogen-bond acceptors (Lipinski definition) is 2. The molecule has 274 valence electrons. The van der Waals surface area contributed by atoms with E-state index in [9.17, 15) is 0 Å². The van der Waals surface area contributed by atoms with Gasteiger partial charge in [0.05, 0.1) is 0 Å². The smallest absolute Gasteiger partial charge is 0.0498 e. The van der Waals surface area contributed by atoms with E-state index in [2.05, 4.69) is 131 Å². The van der Waals surface area contributed by atoms with Crippen molar-refractivity contribution in [2.75, 3.05) is 0 Å². The molecule has 4 heteroatoms. The zero-order chi connectivity index (χ0) is 36.4. The van der Waals surface area contributed by atoms with Gasteiger partial charge in [-0.05, 0) is 93.7 Å². The molecule has 2 nitrogen and oxygen atoms in total. The van der Waals surface area contributed by atoms with E-state index in [1.807, 2.05) is 22.7 Å². The molecule has 0 saturated carbocycles. The number of benzene rings is 5. The van der Waals surface area contributed by atoms with Crippen LogP contribution in [0.2, 0.25) is 0 Å². The van der Waals surface area contributed by atoms with Gasteiger partial charge in [0, 0.05) is 77.6 Å². The molecule has 0 N–H and O–H groups in total. The number of aryl methyl sites for hydroxylation is 2. The minimum Gasteiger partial charge on any atom is -0.340 e. The van der Waals surface area contributed by atoms with E-state index in [4.69, 9.17) is 0 Å². The fourth-order valence-electron chi connectivity index (χ4n) is 9.26. The molecule has 0 spiro atoms. The number of para-hydroxylation sites is 2. The third kappa shape index (κ3) is 6.35. The Hall–Kier alpha value is -4.38. The molecule has 0 aliphatic heterocycles. The number of thiophene rings is 2. The van der Waals surface area contributed by atoms with Crippen molar-refractivity contribution in [3.63, 3.8) is 0 Å². The number of hydrogen-bond donors (Lipinski definition) is 0. The topological polar surface area (TPSA) is 9.86 Å². The Morgan fingerprint density at radius 2 is 0.778 bits per heavy atom. The first-order chi connectivity index (χ1) is 26.8. The average molecular weight is 745 g/mol. The van der Waals surface area contributed by atoms with E-state index in [-0.39, 0.29) is 0 Å². The predicted molar refractivity (Wildman–Crippen MR) is 241 cm³/mol. The van der Waals surface area contributed by atoms with Crippen molar-refractivity contribution in [1.29, 1.82) is 0 Å². The maximum Gasteiger partial charge on any atom is 0.0498 e. The summed E-state index contributed by atoms with van der Waals surface area (Å²) in [4.78, 5) is 2.69. The van der Waals surface area contributed by atoms with Crippen molar-refractivity contribution in [1.82, 2.24) is 9.13 Å². The lowest BCUT2D eigenvalue weighted by molar-refractivity contribution is 0.571. The second-order valence-corrected chi connectivity index (χ2v) is 17.3. The summed E-state index contributed by atoms with van der Waals surface area (Å²) >= 11 is 3.74. The molecule has 0 fully saturated rings. The first-order valence-corrected chi connectivity index (χ1v) is 22.5. The van der Waals surface area contributed by atoms with Gasteiger partial charge in [-0.2, -0.15) is 0 Å². The van der Waals surface area contributed by atoms with Crippen LogP contribution in [-0.2, 0) is 13.1 Å². The van der Waals surface area contributed by atoms with Crippen LogP contribution >= 0.6 is 22.7 Å². The fourth-order valence-corrected chi connectivity index (χ4v) is 10.9. The molecule has 0 aliphatic carbocycles. The van der Waals surface area contributed by atoms with Crippen molar-refractivity contribution in [3.8, 4) is 20.9 Å². The highest BCUT2D eigenvalue weighted by molar-refractivity contribution is 7.14. The van der Waals surface area contributed by atoms with Gasteiger partial charge in [-0.25, -0.2) is 0 Å². The number of nitrogens with zero attached hydrogens (tertiary/aromatic N) is 2. The molecular weight excluding hydrogens is 693 g/mol. The Morgan fingerprint density at radius 1 is 0.370 bits per heavy atom.